The molecule has 1 aromatic heterocycles. The van der Waals surface area contributed by atoms with Crippen LogP contribution in [-0.4, -0.2) is 37.3 Å². The monoisotopic (exact) mass is 356 g/mol. The molecule has 140 valence electrons. The zero-order chi connectivity index (χ0) is 18.6. The molecule has 0 radical (unpaired) electrons. The summed E-state index contributed by atoms with van der Waals surface area (Å²) in [6, 6.07) is 13.4. The number of hydrogen-bond acceptors (Lipinski definition) is 3. The third kappa shape index (κ3) is 6.72. The van der Waals surface area contributed by atoms with Crippen LogP contribution in [0, 0.1) is 0 Å². The number of benzene rings is 1. The van der Waals surface area contributed by atoms with Crippen LogP contribution in [0.5, 0.6) is 0 Å². The molecular weight excluding hydrogens is 328 g/mol. The van der Waals surface area contributed by atoms with Crippen LogP contribution >= 0.6 is 0 Å². The lowest BCUT2D eigenvalue weighted by atomic mass is 10.1. The van der Waals surface area contributed by atoms with Gasteiger partial charge in [-0.25, -0.2) is 4.99 Å². The predicted octanol–water partition coefficient (Wildman–Crippen LogP) is 1.99. The van der Waals surface area contributed by atoms with Gasteiger partial charge < -0.3 is 19.9 Å². The fourth-order valence-electron chi connectivity index (χ4n) is 2.47. The molecule has 2 rings (SSSR count). The van der Waals surface area contributed by atoms with Crippen LogP contribution in [0.1, 0.15) is 24.5 Å². The summed E-state index contributed by atoms with van der Waals surface area (Å²) in [5.74, 6) is 0.809. The van der Waals surface area contributed by atoms with Gasteiger partial charge in [-0.05, 0) is 30.5 Å². The highest BCUT2D eigenvalue weighted by atomic mass is 16.5. The van der Waals surface area contributed by atoms with Crippen molar-refractivity contribution < 1.29 is 4.74 Å². The Balaban J connectivity index is 1.92. The summed E-state index contributed by atoms with van der Waals surface area (Å²) < 4.78 is 6.75. The largest absolute Gasteiger partial charge is 0.385 e. The first kappa shape index (κ1) is 19.7. The maximum absolute atomic E-state index is 11.8. The molecule has 26 heavy (non-hydrogen) atoms. The highest BCUT2D eigenvalue weighted by Gasteiger charge is 2.00. The number of hydrogen-bond donors (Lipinski definition) is 2. The van der Waals surface area contributed by atoms with E-state index in [1.807, 2.05) is 25.1 Å². The SMILES string of the molecule is CCNC(=NCc1ccc(Cn2ccccc2=O)cc1)NCCCOC. The molecule has 6 nitrogen and oxygen atoms in total. The first-order valence-electron chi connectivity index (χ1n) is 8.97. The Morgan fingerprint density at radius 1 is 1.12 bits per heavy atom. The van der Waals surface area contributed by atoms with Gasteiger partial charge in [0.2, 0.25) is 0 Å². The molecule has 0 bridgehead atoms. The normalized spacial score (nSPS) is 11.4. The maximum Gasteiger partial charge on any atom is 0.250 e. The van der Waals surface area contributed by atoms with E-state index in [4.69, 9.17) is 4.74 Å². The molecule has 0 amide bonds. The Morgan fingerprint density at radius 3 is 2.58 bits per heavy atom. The highest BCUT2D eigenvalue weighted by Crippen LogP contribution is 2.07. The van der Waals surface area contributed by atoms with E-state index in [2.05, 4.69) is 27.8 Å². The first-order valence-corrected chi connectivity index (χ1v) is 8.97. The summed E-state index contributed by atoms with van der Waals surface area (Å²) in [5.41, 5.74) is 2.23. The van der Waals surface area contributed by atoms with Gasteiger partial charge in [0.1, 0.15) is 0 Å². The Kier molecular flexibility index (Phi) is 8.42. The van der Waals surface area contributed by atoms with Gasteiger partial charge in [0, 0.05) is 39.1 Å². The fourth-order valence-corrected chi connectivity index (χ4v) is 2.47. The standard InChI is InChI=1S/C20H28N4O2/c1-3-21-20(22-12-6-14-26-2)23-15-17-8-10-18(11-9-17)16-24-13-5-4-7-19(24)25/h4-5,7-11,13H,3,6,12,14-16H2,1-2H3,(H2,21,22,23). The van der Waals surface area contributed by atoms with Crippen molar-refractivity contribution in [2.75, 3.05) is 26.8 Å². The summed E-state index contributed by atoms with van der Waals surface area (Å²) in [4.78, 5) is 16.4. The molecule has 0 spiro atoms. The van der Waals surface area contributed by atoms with Gasteiger partial charge in [-0.2, -0.15) is 0 Å². The Hall–Kier alpha value is -2.60. The zero-order valence-electron chi connectivity index (χ0n) is 15.6. The summed E-state index contributed by atoms with van der Waals surface area (Å²) in [5, 5.41) is 6.54. The van der Waals surface area contributed by atoms with E-state index in [-0.39, 0.29) is 5.56 Å². The number of nitrogens with zero attached hydrogens (tertiary/aromatic N) is 2. The lowest BCUT2D eigenvalue weighted by Crippen LogP contribution is -2.38. The lowest BCUT2D eigenvalue weighted by molar-refractivity contribution is 0.195. The molecule has 2 aromatic rings. The molecule has 2 N–H and O–H groups in total. The number of methoxy groups -OCH3 is 1. The molecule has 0 aliphatic carbocycles. The lowest BCUT2D eigenvalue weighted by Gasteiger charge is -2.11. The smallest absolute Gasteiger partial charge is 0.250 e. The van der Waals surface area contributed by atoms with Gasteiger partial charge in [0.25, 0.3) is 5.56 Å². The van der Waals surface area contributed by atoms with Crippen molar-refractivity contribution in [2.24, 2.45) is 4.99 Å². The molecule has 0 aliphatic heterocycles. The Labute approximate surface area is 154 Å². The second kappa shape index (κ2) is 11.1. The van der Waals surface area contributed by atoms with E-state index in [1.165, 1.54) is 0 Å². The third-order valence-electron chi connectivity index (χ3n) is 3.86. The summed E-state index contributed by atoms with van der Waals surface area (Å²) in [6.07, 6.45) is 2.74. The Bertz CT molecular complexity index is 738. The second-order valence-corrected chi connectivity index (χ2v) is 5.95. The Morgan fingerprint density at radius 2 is 1.88 bits per heavy atom. The van der Waals surface area contributed by atoms with Crippen LogP contribution in [0.15, 0.2) is 58.4 Å². The number of rotatable bonds is 9. The van der Waals surface area contributed by atoms with Gasteiger partial charge in [0.15, 0.2) is 5.96 Å². The number of nitrogens with one attached hydrogen (secondary N) is 2. The fraction of sp³-hybridized carbons (Fsp3) is 0.400. The number of guanidine groups is 1. The number of pyridine rings is 1. The van der Waals surface area contributed by atoms with Crippen molar-refractivity contribution in [1.29, 1.82) is 0 Å². The van der Waals surface area contributed by atoms with Crippen molar-refractivity contribution in [3.05, 3.63) is 70.1 Å². The van der Waals surface area contributed by atoms with Crippen molar-refractivity contribution in [3.8, 4) is 0 Å². The number of aliphatic imine (C=N–C) groups is 1. The summed E-state index contributed by atoms with van der Waals surface area (Å²) in [7, 11) is 1.71. The van der Waals surface area contributed by atoms with Gasteiger partial charge in [0.05, 0.1) is 13.1 Å². The average molecular weight is 356 g/mol. The number of ether oxygens (including phenoxy) is 1. The molecule has 0 saturated carbocycles. The molecule has 0 fully saturated rings. The predicted molar refractivity (Wildman–Crippen MR) is 106 cm³/mol. The molecular formula is C20H28N4O2. The molecule has 1 heterocycles. The molecule has 0 aliphatic rings. The van der Waals surface area contributed by atoms with Crippen LogP contribution in [0.2, 0.25) is 0 Å². The van der Waals surface area contributed by atoms with E-state index in [0.29, 0.717) is 13.1 Å². The topological polar surface area (TPSA) is 67.7 Å². The minimum atomic E-state index is 0.0102. The summed E-state index contributed by atoms with van der Waals surface area (Å²) >= 11 is 0. The number of aromatic nitrogens is 1. The molecule has 0 unspecified atom stereocenters. The van der Waals surface area contributed by atoms with E-state index < -0.39 is 0 Å². The van der Waals surface area contributed by atoms with E-state index in [1.54, 1.807) is 30.0 Å². The van der Waals surface area contributed by atoms with E-state index in [0.717, 1.165) is 43.2 Å². The minimum Gasteiger partial charge on any atom is -0.385 e. The molecule has 6 heteroatoms. The summed E-state index contributed by atoms with van der Waals surface area (Å²) in [6.45, 7) is 5.61. The van der Waals surface area contributed by atoms with Crippen molar-refractivity contribution in [2.45, 2.75) is 26.4 Å². The third-order valence-corrected chi connectivity index (χ3v) is 3.86. The van der Waals surface area contributed by atoms with Crippen molar-refractivity contribution in [3.63, 3.8) is 0 Å². The van der Waals surface area contributed by atoms with Crippen LogP contribution in [-0.2, 0) is 17.8 Å². The van der Waals surface area contributed by atoms with E-state index in [9.17, 15) is 4.79 Å². The van der Waals surface area contributed by atoms with Crippen LogP contribution in [0.25, 0.3) is 0 Å². The van der Waals surface area contributed by atoms with Crippen LogP contribution < -0.4 is 16.2 Å². The second-order valence-electron chi connectivity index (χ2n) is 5.95. The van der Waals surface area contributed by atoms with Crippen molar-refractivity contribution >= 4 is 5.96 Å². The van der Waals surface area contributed by atoms with E-state index >= 15 is 0 Å². The molecule has 0 atom stereocenters. The highest BCUT2D eigenvalue weighted by molar-refractivity contribution is 5.79. The van der Waals surface area contributed by atoms with Crippen LogP contribution in [0.4, 0.5) is 0 Å². The minimum absolute atomic E-state index is 0.0102. The van der Waals surface area contributed by atoms with Gasteiger partial charge in [-0.15, -0.1) is 0 Å². The maximum atomic E-state index is 11.8. The van der Waals surface area contributed by atoms with Gasteiger partial charge in [-0.1, -0.05) is 30.3 Å². The average Bonchev–Trinajstić information content (AvgIpc) is 2.66. The quantitative estimate of drug-likeness (QED) is 0.410. The van der Waals surface area contributed by atoms with Crippen LogP contribution in [0.3, 0.4) is 0 Å². The zero-order valence-corrected chi connectivity index (χ0v) is 15.6. The molecule has 1 aromatic carbocycles. The van der Waals surface area contributed by atoms with Crippen molar-refractivity contribution in [1.82, 2.24) is 15.2 Å². The van der Waals surface area contributed by atoms with Gasteiger partial charge in [-0.3, -0.25) is 4.79 Å². The first-order chi connectivity index (χ1) is 12.7. The molecule has 0 saturated heterocycles. The van der Waals surface area contributed by atoms with Gasteiger partial charge >= 0.3 is 0 Å².